The number of aromatic nitrogens is 1. The molecule has 1 unspecified atom stereocenters. The standard InChI is InChI=1S/C15H16N2S2/c18-11-14(12-19-15-6-8-16-9-7-15)17-10-13-4-2-1-3-5-13/h1-9,11,14,17H,10,12H2. The van der Waals surface area contributed by atoms with E-state index in [0.717, 1.165) is 12.3 Å². The quantitative estimate of drug-likeness (QED) is 0.624. The molecule has 2 rings (SSSR count). The minimum absolute atomic E-state index is 0.230. The van der Waals surface area contributed by atoms with Crippen molar-refractivity contribution < 1.29 is 0 Å². The number of hydrogen-bond acceptors (Lipinski definition) is 4. The average Bonchev–Trinajstić information content (AvgIpc) is 2.49. The molecule has 0 aliphatic rings. The number of rotatable bonds is 7. The van der Waals surface area contributed by atoms with E-state index in [2.05, 4.69) is 34.6 Å². The Bertz CT molecular complexity index is 445. The predicted molar refractivity (Wildman–Crippen MR) is 85.7 cm³/mol. The lowest BCUT2D eigenvalue weighted by atomic mass is 10.2. The van der Waals surface area contributed by atoms with E-state index in [1.54, 1.807) is 17.1 Å². The van der Waals surface area contributed by atoms with Crippen molar-refractivity contribution in [3.63, 3.8) is 0 Å². The molecule has 19 heavy (non-hydrogen) atoms. The van der Waals surface area contributed by atoms with Crippen LogP contribution in [0.15, 0.2) is 59.8 Å². The summed E-state index contributed by atoms with van der Waals surface area (Å²) in [5.74, 6) is 0.931. The maximum absolute atomic E-state index is 5.09. The fourth-order valence-electron chi connectivity index (χ4n) is 1.61. The molecule has 0 bridgehead atoms. The highest BCUT2D eigenvalue weighted by Gasteiger charge is 2.05. The number of thioether (sulfide) groups is 1. The summed E-state index contributed by atoms with van der Waals surface area (Å²) in [6.07, 6.45) is 3.62. The van der Waals surface area contributed by atoms with Crippen molar-refractivity contribution >= 4 is 29.3 Å². The van der Waals surface area contributed by atoms with Gasteiger partial charge in [0.25, 0.3) is 0 Å². The molecule has 1 heterocycles. The molecule has 0 radical (unpaired) electrons. The molecule has 1 atom stereocenters. The summed E-state index contributed by atoms with van der Waals surface area (Å²) in [6, 6.07) is 14.6. The van der Waals surface area contributed by atoms with Crippen molar-refractivity contribution in [2.24, 2.45) is 0 Å². The van der Waals surface area contributed by atoms with Gasteiger partial charge in [0.05, 0.1) is 0 Å². The van der Waals surface area contributed by atoms with Crippen LogP contribution in [0.25, 0.3) is 0 Å². The summed E-state index contributed by atoms with van der Waals surface area (Å²) < 4.78 is 0. The van der Waals surface area contributed by atoms with Crippen LogP contribution in [0.2, 0.25) is 0 Å². The van der Waals surface area contributed by atoms with Gasteiger partial charge >= 0.3 is 0 Å². The van der Waals surface area contributed by atoms with Gasteiger partial charge in [0, 0.05) is 35.6 Å². The van der Waals surface area contributed by atoms with E-state index in [9.17, 15) is 0 Å². The number of nitrogens with zero attached hydrogens (tertiary/aromatic N) is 1. The van der Waals surface area contributed by atoms with Gasteiger partial charge in [-0.15, -0.1) is 11.8 Å². The lowest BCUT2D eigenvalue weighted by Crippen LogP contribution is -2.31. The Morgan fingerprint density at radius 1 is 1.16 bits per heavy atom. The Kier molecular flexibility index (Phi) is 6.01. The van der Waals surface area contributed by atoms with Crippen LogP contribution in [0, 0.1) is 0 Å². The minimum atomic E-state index is 0.230. The lowest BCUT2D eigenvalue weighted by molar-refractivity contribution is 0.676. The summed E-state index contributed by atoms with van der Waals surface area (Å²) >= 11 is 6.88. The molecule has 0 aliphatic carbocycles. The van der Waals surface area contributed by atoms with Gasteiger partial charge in [0.1, 0.15) is 0 Å². The predicted octanol–water partition coefficient (Wildman–Crippen LogP) is 3.33. The molecule has 4 heteroatoms. The monoisotopic (exact) mass is 288 g/mol. The zero-order valence-electron chi connectivity index (χ0n) is 10.5. The lowest BCUT2D eigenvalue weighted by Gasteiger charge is -2.13. The first-order valence-electron chi connectivity index (χ1n) is 6.14. The zero-order valence-corrected chi connectivity index (χ0v) is 12.2. The van der Waals surface area contributed by atoms with E-state index >= 15 is 0 Å². The molecule has 1 N–H and O–H groups in total. The molecule has 2 nitrogen and oxygen atoms in total. The van der Waals surface area contributed by atoms with Crippen molar-refractivity contribution in [2.45, 2.75) is 17.5 Å². The molecular weight excluding hydrogens is 272 g/mol. The minimum Gasteiger partial charge on any atom is -0.305 e. The first-order valence-corrected chi connectivity index (χ1v) is 7.59. The maximum Gasteiger partial charge on any atom is 0.0451 e. The van der Waals surface area contributed by atoms with E-state index in [1.807, 2.05) is 30.6 Å². The molecular formula is C15H16N2S2. The second kappa shape index (κ2) is 8.04. The first kappa shape index (κ1) is 14.2. The Labute approximate surface area is 123 Å². The third kappa shape index (κ3) is 5.11. The molecule has 98 valence electrons. The van der Waals surface area contributed by atoms with E-state index in [0.29, 0.717) is 0 Å². The van der Waals surface area contributed by atoms with Crippen LogP contribution in [0.1, 0.15) is 5.56 Å². The van der Waals surface area contributed by atoms with Crippen molar-refractivity contribution in [1.29, 1.82) is 0 Å². The summed E-state index contributed by atoms with van der Waals surface area (Å²) in [5.41, 5.74) is 1.28. The second-order valence-electron chi connectivity index (χ2n) is 4.10. The number of hydrogen-bond donors (Lipinski definition) is 1. The summed E-state index contributed by atoms with van der Waals surface area (Å²) in [6.45, 7) is 0.843. The van der Waals surface area contributed by atoms with Gasteiger partial charge in [0.2, 0.25) is 0 Å². The third-order valence-electron chi connectivity index (χ3n) is 2.65. The first-order chi connectivity index (χ1) is 9.38. The smallest absolute Gasteiger partial charge is 0.0451 e. The number of benzene rings is 1. The molecule has 1 aromatic carbocycles. The summed E-state index contributed by atoms with van der Waals surface area (Å²) in [5, 5.41) is 5.26. The number of pyridine rings is 1. The van der Waals surface area contributed by atoms with Gasteiger partial charge in [-0.05, 0) is 23.1 Å². The fourth-order valence-corrected chi connectivity index (χ4v) is 2.83. The molecule has 0 aliphatic heterocycles. The van der Waals surface area contributed by atoms with Crippen molar-refractivity contribution in [3.8, 4) is 0 Å². The van der Waals surface area contributed by atoms with Gasteiger partial charge in [-0.1, -0.05) is 42.5 Å². The number of thiocarbonyl (C=S) groups is 1. The van der Waals surface area contributed by atoms with Gasteiger partial charge in [0.15, 0.2) is 0 Å². The van der Waals surface area contributed by atoms with Crippen LogP contribution in [-0.4, -0.2) is 22.1 Å². The zero-order chi connectivity index (χ0) is 13.3. The number of nitrogens with one attached hydrogen (secondary N) is 1. The van der Waals surface area contributed by atoms with Gasteiger partial charge < -0.3 is 5.32 Å². The van der Waals surface area contributed by atoms with E-state index in [-0.39, 0.29) is 6.04 Å². The highest BCUT2D eigenvalue weighted by atomic mass is 32.2. The third-order valence-corrected chi connectivity index (χ3v) is 4.11. The second-order valence-corrected chi connectivity index (χ2v) is 5.47. The summed E-state index contributed by atoms with van der Waals surface area (Å²) in [4.78, 5) is 5.23. The van der Waals surface area contributed by atoms with E-state index < -0.39 is 0 Å². The van der Waals surface area contributed by atoms with Crippen LogP contribution in [-0.2, 0) is 6.54 Å². The van der Waals surface area contributed by atoms with Crippen molar-refractivity contribution in [2.75, 3.05) is 5.75 Å². The highest BCUT2D eigenvalue weighted by molar-refractivity contribution is 7.99. The van der Waals surface area contributed by atoms with Crippen LogP contribution in [0.3, 0.4) is 0 Å². The molecule has 0 amide bonds. The van der Waals surface area contributed by atoms with Gasteiger partial charge in [-0.2, -0.15) is 0 Å². The van der Waals surface area contributed by atoms with Crippen LogP contribution in [0.5, 0.6) is 0 Å². The van der Waals surface area contributed by atoms with Gasteiger partial charge in [-0.25, -0.2) is 0 Å². The maximum atomic E-state index is 5.09. The Morgan fingerprint density at radius 2 is 1.89 bits per heavy atom. The largest absolute Gasteiger partial charge is 0.305 e. The van der Waals surface area contributed by atoms with Crippen molar-refractivity contribution in [1.82, 2.24) is 10.3 Å². The highest BCUT2D eigenvalue weighted by Crippen LogP contribution is 2.17. The molecule has 0 saturated carbocycles. The Balaban J connectivity index is 1.79. The molecule has 1 aromatic heterocycles. The fraction of sp³-hybridized carbons (Fsp3) is 0.200. The molecule has 2 aromatic rings. The molecule has 0 spiro atoms. The van der Waals surface area contributed by atoms with Crippen LogP contribution >= 0.6 is 24.0 Å². The summed E-state index contributed by atoms with van der Waals surface area (Å²) in [7, 11) is 0. The van der Waals surface area contributed by atoms with Crippen LogP contribution < -0.4 is 5.32 Å². The topological polar surface area (TPSA) is 24.9 Å². The van der Waals surface area contributed by atoms with Crippen molar-refractivity contribution in [3.05, 3.63) is 60.4 Å². The molecule has 0 fully saturated rings. The van der Waals surface area contributed by atoms with Gasteiger partial charge in [-0.3, -0.25) is 4.98 Å². The Morgan fingerprint density at radius 3 is 2.58 bits per heavy atom. The Hall–Kier alpha value is -1.23. The normalized spacial score (nSPS) is 12.0. The van der Waals surface area contributed by atoms with Crippen LogP contribution in [0.4, 0.5) is 0 Å². The van der Waals surface area contributed by atoms with E-state index in [1.165, 1.54) is 10.5 Å². The van der Waals surface area contributed by atoms with E-state index in [4.69, 9.17) is 12.2 Å². The average molecular weight is 288 g/mol. The SMILES string of the molecule is S=CC(CSc1ccncc1)NCc1ccccc1. The molecule has 0 saturated heterocycles.